The highest BCUT2D eigenvalue weighted by atomic mass is 16.1. The van der Waals surface area contributed by atoms with Crippen LogP contribution >= 0.6 is 0 Å². The topological polar surface area (TPSA) is 85.3 Å². The highest BCUT2D eigenvalue weighted by Crippen LogP contribution is 2.20. The number of hydrogen-bond acceptors (Lipinski definition) is 5. The van der Waals surface area contributed by atoms with Crippen molar-refractivity contribution in [2.45, 2.75) is 0 Å². The van der Waals surface area contributed by atoms with Gasteiger partial charge in [-0.1, -0.05) is 36.4 Å². The smallest absolute Gasteiger partial charge is 0.194 e. The lowest BCUT2D eigenvalue weighted by Gasteiger charge is -2.09. The molecule has 0 atom stereocenters. The Morgan fingerprint density at radius 1 is 0.636 bits per heavy atom. The van der Waals surface area contributed by atoms with Gasteiger partial charge in [0.1, 0.15) is 0 Å². The van der Waals surface area contributed by atoms with Gasteiger partial charge in [-0.25, -0.2) is 0 Å². The van der Waals surface area contributed by atoms with E-state index in [2.05, 4.69) is 0 Å². The number of hydrogen-bond donors (Lipinski definition) is 0. The normalized spacial score (nSPS) is 9.82. The van der Waals surface area contributed by atoms with E-state index in [1.807, 2.05) is 0 Å². The molecule has 2 aromatic carbocycles. The second-order valence-corrected chi connectivity index (χ2v) is 4.42. The number of carbonyl (C=O) groups excluding carboxylic acids is 5. The molecule has 0 aliphatic rings. The minimum atomic E-state index is -0.600. The molecule has 0 unspecified atom stereocenters. The zero-order valence-corrected chi connectivity index (χ0v) is 11.3. The van der Waals surface area contributed by atoms with Crippen molar-refractivity contribution in [3.63, 3.8) is 0 Å². The van der Waals surface area contributed by atoms with E-state index < -0.39 is 5.78 Å². The van der Waals surface area contributed by atoms with Crippen LogP contribution in [-0.4, -0.2) is 30.9 Å². The maximum Gasteiger partial charge on any atom is 0.194 e. The zero-order valence-electron chi connectivity index (χ0n) is 11.3. The van der Waals surface area contributed by atoms with Crippen molar-refractivity contribution in [3.05, 3.63) is 69.8 Å². The van der Waals surface area contributed by atoms with Gasteiger partial charge in [0.25, 0.3) is 0 Å². The Hall–Kier alpha value is -3.21. The van der Waals surface area contributed by atoms with Crippen LogP contribution in [0.1, 0.15) is 57.4 Å². The first-order chi connectivity index (χ1) is 10.7. The molecule has 22 heavy (non-hydrogen) atoms. The number of carbonyl (C=O) groups is 5. The van der Waals surface area contributed by atoms with Gasteiger partial charge in [-0.05, 0) is 0 Å². The summed E-state index contributed by atoms with van der Waals surface area (Å²) < 4.78 is 0. The standard InChI is InChI=1S/C17H10O5/c18-7-11-3-1-5-13(15(11)9-20)17(22)14-6-2-4-12(8-19)16(14)10-21/h1-10H. The van der Waals surface area contributed by atoms with E-state index in [0.29, 0.717) is 25.1 Å². The lowest BCUT2D eigenvalue weighted by Crippen LogP contribution is -2.11. The molecule has 5 nitrogen and oxygen atoms in total. The molecule has 2 aromatic rings. The van der Waals surface area contributed by atoms with E-state index in [1.165, 1.54) is 36.4 Å². The third-order valence-electron chi connectivity index (χ3n) is 3.26. The Labute approximate surface area is 125 Å². The van der Waals surface area contributed by atoms with Crippen LogP contribution in [0.5, 0.6) is 0 Å². The van der Waals surface area contributed by atoms with Crippen LogP contribution in [0.4, 0.5) is 0 Å². The quantitative estimate of drug-likeness (QED) is 0.602. The van der Waals surface area contributed by atoms with E-state index in [0.717, 1.165) is 0 Å². The molecule has 0 bridgehead atoms. The fourth-order valence-electron chi connectivity index (χ4n) is 2.18. The van der Waals surface area contributed by atoms with Gasteiger partial charge in [-0.3, -0.25) is 24.0 Å². The van der Waals surface area contributed by atoms with Gasteiger partial charge in [0.15, 0.2) is 30.9 Å². The van der Waals surface area contributed by atoms with Crippen LogP contribution in [0, 0.1) is 0 Å². The second-order valence-electron chi connectivity index (χ2n) is 4.42. The fourth-order valence-corrected chi connectivity index (χ4v) is 2.18. The van der Waals surface area contributed by atoms with Gasteiger partial charge in [0, 0.05) is 33.4 Å². The number of ketones is 1. The van der Waals surface area contributed by atoms with Crippen molar-refractivity contribution >= 4 is 30.9 Å². The van der Waals surface area contributed by atoms with Crippen molar-refractivity contribution in [1.29, 1.82) is 0 Å². The molecule has 5 heteroatoms. The SMILES string of the molecule is O=Cc1cccc(C(=O)c2cccc(C=O)c2C=O)c1C=O. The van der Waals surface area contributed by atoms with Crippen molar-refractivity contribution in [3.8, 4) is 0 Å². The first kappa shape index (κ1) is 15.2. The molecule has 0 aliphatic carbocycles. The number of rotatable bonds is 6. The second kappa shape index (κ2) is 6.49. The summed E-state index contributed by atoms with van der Waals surface area (Å²) in [5.74, 6) is -0.600. The Bertz CT molecular complexity index is 724. The van der Waals surface area contributed by atoms with Crippen LogP contribution < -0.4 is 0 Å². The third kappa shape index (κ3) is 2.52. The average molecular weight is 294 g/mol. The number of aldehydes is 4. The van der Waals surface area contributed by atoms with Crippen LogP contribution in [0.2, 0.25) is 0 Å². The summed E-state index contributed by atoms with van der Waals surface area (Å²) in [5, 5.41) is 0. The summed E-state index contributed by atoms with van der Waals surface area (Å²) in [4.78, 5) is 56.9. The highest BCUT2D eigenvalue weighted by molar-refractivity contribution is 6.18. The molecule has 108 valence electrons. The summed E-state index contributed by atoms with van der Waals surface area (Å²) in [7, 11) is 0. The fraction of sp³-hybridized carbons (Fsp3) is 0. The summed E-state index contributed by atoms with van der Waals surface area (Å²) in [5.41, 5.74) is 0.0864. The van der Waals surface area contributed by atoms with E-state index in [9.17, 15) is 24.0 Å². The molecular weight excluding hydrogens is 284 g/mol. The Morgan fingerprint density at radius 2 is 1.05 bits per heavy atom. The van der Waals surface area contributed by atoms with E-state index >= 15 is 0 Å². The lowest BCUT2D eigenvalue weighted by atomic mass is 9.92. The van der Waals surface area contributed by atoms with Crippen molar-refractivity contribution in [1.82, 2.24) is 0 Å². The molecule has 0 aliphatic heterocycles. The molecule has 0 saturated carbocycles. The van der Waals surface area contributed by atoms with Crippen molar-refractivity contribution in [2.24, 2.45) is 0 Å². The maximum absolute atomic E-state index is 12.6. The summed E-state index contributed by atoms with van der Waals surface area (Å²) in [6.45, 7) is 0. The Balaban J connectivity index is 2.68. The van der Waals surface area contributed by atoms with Crippen LogP contribution in [0.15, 0.2) is 36.4 Å². The van der Waals surface area contributed by atoms with Gasteiger partial charge in [-0.15, -0.1) is 0 Å². The summed E-state index contributed by atoms with van der Waals surface area (Å²) in [6, 6.07) is 8.54. The minimum absolute atomic E-state index is 0.00532. The molecule has 0 radical (unpaired) electrons. The minimum Gasteiger partial charge on any atom is -0.298 e. The maximum atomic E-state index is 12.6. The molecule has 0 amide bonds. The van der Waals surface area contributed by atoms with Gasteiger partial charge in [0.2, 0.25) is 0 Å². The average Bonchev–Trinajstić information content (AvgIpc) is 2.59. The predicted molar refractivity (Wildman–Crippen MR) is 77.9 cm³/mol. The first-order valence-corrected chi connectivity index (χ1v) is 6.29. The highest BCUT2D eigenvalue weighted by Gasteiger charge is 2.20. The van der Waals surface area contributed by atoms with E-state index in [1.54, 1.807) is 0 Å². The van der Waals surface area contributed by atoms with Gasteiger partial charge < -0.3 is 0 Å². The predicted octanol–water partition coefficient (Wildman–Crippen LogP) is 2.17. The van der Waals surface area contributed by atoms with Crippen molar-refractivity contribution < 1.29 is 24.0 Å². The molecule has 0 N–H and O–H groups in total. The Kier molecular flexibility index (Phi) is 4.48. The van der Waals surface area contributed by atoms with Crippen LogP contribution in [0.25, 0.3) is 0 Å². The summed E-state index contributed by atoms with van der Waals surface area (Å²) in [6.07, 6.45) is 1.79. The monoisotopic (exact) mass is 294 g/mol. The molecule has 0 aromatic heterocycles. The third-order valence-corrected chi connectivity index (χ3v) is 3.26. The first-order valence-electron chi connectivity index (χ1n) is 6.29. The number of benzene rings is 2. The lowest BCUT2D eigenvalue weighted by molar-refractivity contribution is 0.102. The molecule has 0 spiro atoms. The van der Waals surface area contributed by atoms with E-state index in [-0.39, 0.29) is 33.4 Å². The largest absolute Gasteiger partial charge is 0.298 e. The van der Waals surface area contributed by atoms with E-state index in [4.69, 9.17) is 0 Å². The van der Waals surface area contributed by atoms with Gasteiger partial charge in [-0.2, -0.15) is 0 Å². The molecule has 0 saturated heterocycles. The molecule has 2 rings (SSSR count). The van der Waals surface area contributed by atoms with Gasteiger partial charge >= 0.3 is 0 Å². The Morgan fingerprint density at radius 3 is 1.36 bits per heavy atom. The van der Waals surface area contributed by atoms with Crippen LogP contribution in [0.3, 0.4) is 0 Å². The van der Waals surface area contributed by atoms with Gasteiger partial charge in [0.05, 0.1) is 0 Å². The zero-order chi connectivity index (χ0) is 16.1. The summed E-state index contributed by atoms with van der Waals surface area (Å²) >= 11 is 0. The molecule has 0 fully saturated rings. The van der Waals surface area contributed by atoms with Crippen LogP contribution in [-0.2, 0) is 0 Å². The molecular formula is C17H10O5. The molecule has 0 heterocycles. The van der Waals surface area contributed by atoms with Crippen molar-refractivity contribution in [2.75, 3.05) is 0 Å².